The van der Waals surface area contributed by atoms with Crippen LogP contribution in [0.1, 0.15) is 20.1 Å². The molecule has 1 aromatic heterocycles. The van der Waals surface area contributed by atoms with Gasteiger partial charge in [0.2, 0.25) is 10.0 Å². The van der Waals surface area contributed by atoms with Gasteiger partial charge in [-0.15, -0.1) is 11.3 Å². The second-order valence-corrected chi connectivity index (χ2v) is 10.4. The van der Waals surface area contributed by atoms with Gasteiger partial charge in [-0.1, -0.05) is 15.9 Å². The molecular weight excluding hydrogens is 443 g/mol. The van der Waals surface area contributed by atoms with Crippen molar-refractivity contribution in [2.24, 2.45) is 0 Å². The van der Waals surface area contributed by atoms with Gasteiger partial charge in [0, 0.05) is 40.4 Å². The van der Waals surface area contributed by atoms with Crippen LogP contribution in [0.4, 0.5) is 4.39 Å². The number of benzene rings is 1. The number of piperazine rings is 1. The standard InChI is InChI=1S/C17H18BrFN2O3S2/c1-11-9-16(12(2)25-11)26(23,24)21-7-5-20(6-8-21)17(22)14-10-13(18)3-4-15(14)19/h3-4,9-10H,5-8H2,1-2H3. The number of halogens is 2. The molecule has 1 saturated heterocycles. The third kappa shape index (κ3) is 3.71. The highest BCUT2D eigenvalue weighted by Gasteiger charge is 2.32. The van der Waals surface area contributed by atoms with E-state index in [0.717, 1.165) is 9.75 Å². The van der Waals surface area contributed by atoms with Crippen LogP contribution in [-0.4, -0.2) is 49.7 Å². The molecule has 1 aliphatic heterocycles. The lowest BCUT2D eigenvalue weighted by molar-refractivity contribution is 0.0693. The Balaban J connectivity index is 1.74. The summed E-state index contributed by atoms with van der Waals surface area (Å²) in [5.41, 5.74) is -0.0139. The van der Waals surface area contributed by atoms with E-state index < -0.39 is 21.7 Å². The van der Waals surface area contributed by atoms with E-state index in [-0.39, 0.29) is 31.7 Å². The topological polar surface area (TPSA) is 57.7 Å². The Hall–Kier alpha value is -1.29. The van der Waals surface area contributed by atoms with E-state index in [4.69, 9.17) is 0 Å². The molecular formula is C17H18BrFN2O3S2. The van der Waals surface area contributed by atoms with Crippen molar-refractivity contribution in [1.82, 2.24) is 9.21 Å². The fraction of sp³-hybridized carbons (Fsp3) is 0.353. The SMILES string of the molecule is Cc1cc(S(=O)(=O)N2CCN(C(=O)c3cc(Br)ccc3F)CC2)c(C)s1. The molecule has 0 radical (unpaired) electrons. The number of carbonyl (C=O) groups is 1. The molecule has 0 bridgehead atoms. The molecule has 1 amide bonds. The third-order valence-corrected chi connectivity index (χ3v) is 7.91. The molecule has 9 heteroatoms. The monoisotopic (exact) mass is 460 g/mol. The van der Waals surface area contributed by atoms with E-state index in [2.05, 4.69) is 15.9 Å². The molecule has 5 nitrogen and oxygen atoms in total. The molecule has 0 spiro atoms. The first-order chi connectivity index (χ1) is 12.2. The maximum absolute atomic E-state index is 13.9. The average molecular weight is 461 g/mol. The van der Waals surface area contributed by atoms with Crippen molar-refractivity contribution >= 4 is 43.2 Å². The van der Waals surface area contributed by atoms with Crippen LogP contribution in [0, 0.1) is 19.7 Å². The summed E-state index contributed by atoms with van der Waals surface area (Å²) in [4.78, 5) is 16.1. The predicted octanol–water partition coefficient (Wildman–Crippen LogP) is 3.41. The molecule has 26 heavy (non-hydrogen) atoms. The van der Waals surface area contributed by atoms with Crippen molar-refractivity contribution in [2.75, 3.05) is 26.2 Å². The van der Waals surface area contributed by atoms with Gasteiger partial charge in [0.1, 0.15) is 5.82 Å². The Morgan fingerprint density at radius 3 is 2.38 bits per heavy atom. The summed E-state index contributed by atoms with van der Waals surface area (Å²) >= 11 is 4.68. The maximum atomic E-state index is 13.9. The van der Waals surface area contributed by atoms with Gasteiger partial charge in [-0.25, -0.2) is 12.8 Å². The highest BCUT2D eigenvalue weighted by atomic mass is 79.9. The number of rotatable bonds is 3. The Labute approximate surface area is 164 Å². The summed E-state index contributed by atoms with van der Waals surface area (Å²) in [6.45, 7) is 4.51. The normalized spacial score (nSPS) is 16.1. The van der Waals surface area contributed by atoms with Crippen LogP contribution < -0.4 is 0 Å². The van der Waals surface area contributed by atoms with Crippen LogP contribution in [0.5, 0.6) is 0 Å². The number of nitrogens with zero attached hydrogens (tertiary/aromatic N) is 2. The van der Waals surface area contributed by atoms with Crippen LogP contribution in [-0.2, 0) is 10.0 Å². The zero-order chi connectivity index (χ0) is 19.1. The molecule has 140 valence electrons. The van der Waals surface area contributed by atoms with E-state index in [1.54, 1.807) is 13.0 Å². The van der Waals surface area contributed by atoms with Gasteiger partial charge in [0.15, 0.2) is 0 Å². The Morgan fingerprint density at radius 2 is 1.81 bits per heavy atom. The first-order valence-electron chi connectivity index (χ1n) is 8.01. The van der Waals surface area contributed by atoms with Crippen LogP contribution in [0.15, 0.2) is 33.6 Å². The second-order valence-electron chi connectivity index (χ2n) is 6.10. The number of aryl methyl sites for hydroxylation is 2. The number of sulfonamides is 1. The molecule has 2 aromatic rings. The van der Waals surface area contributed by atoms with Gasteiger partial charge >= 0.3 is 0 Å². The van der Waals surface area contributed by atoms with E-state index in [9.17, 15) is 17.6 Å². The fourth-order valence-electron chi connectivity index (χ4n) is 2.97. The molecule has 0 aliphatic carbocycles. The quantitative estimate of drug-likeness (QED) is 0.704. The first kappa shape index (κ1) is 19.5. The molecule has 2 heterocycles. The largest absolute Gasteiger partial charge is 0.336 e. The van der Waals surface area contributed by atoms with Crippen LogP contribution in [0.2, 0.25) is 0 Å². The minimum absolute atomic E-state index is 0.0139. The van der Waals surface area contributed by atoms with E-state index in [1.165, 1.54) is 38.7 Å². The van der Waals surface area contributed by atoms with Crippen LogP contribution >= 0.6 is 27.3 Å². The molecule has 3 rings (SSSR count). The van der Waals surface area contributed by atoms with Gasteiger partial charge in [-0.05, 0) is 38.1 Å². The molecule has 1 aromatic carbocycles. The zero-order valence-electron chi connectivity index (χ0n) is 14.3. The lowest BCUT2D eigenvalue weighted by Gasteiger charge is -2.34. The minimum Gasteiger partial charge on any atom is -0.336 e. The minimum atomic E-state index is -3.58. The predicted molar refractivity (Wildman–Crippen MR) is 103 cm³/mol. The summed E-state index contributed by atoms with van der Waals surface area (Å²) in [7, 11) is -3.58. The highest BCUT2D eigenvalue weighted by molar-refractivity contribution is 9.10. The number of amides is 1. The van der Waals surface area contributed by atoms with E-state index >= 15 is 0 Å². The molecule has 0 saturated carbocycles. The van der Waals surface area contributed by atoms with Gasteiger partial charge in [0.25, 0.3) is 5.91 Å². The van der Waals surface area contributed by atoms with Crippen molar-refractivity contribution in [1.29, 1.82) is 0 Å². The van der Waals surface area contributed by atoms with Gasteiger partial charge in [-0.2, -0.15) is 4.31 Å². The zero-order valence-corrected chi connectivity index (χ0v) is 17.5. The van der Waals surface area contributed by atoms with Gasteiger partial charge in [-0.3, -0.25) is 4.79 Å². The van der Waals surface area contributed by atoms with Crippen molar-refractivity contribution in [3.63, 3.8) is 0 Å². The van der Waals surface area contributed by atoms with Crippen molar-refractivity contribution in [3.05, 3.63) is 49.9 Å². The number of thiophene rings is 1. The van der Waals surface area contributed by atoms with E-state index in [0.29, 0.717) is 9.37 Å². The second kappa shape index (κ2) is 7.38. The number of carbonyl (C=O) groups excluding carboxylic acids is 1. The van der Waals surface area contributed by atoms with Gasteiger partial charge < -0.3 is 4.90 Å². The summed E-state index contributed by atoms with van der Waals surface area (Å²) in [5.74, 6) is -1.01. The Kier molecular flexibility index (Phi) is 5.53. The summed E-state index contributed by atoms with van der Waals surface area (Å²) in [6, 6.07) is 5.89. The Bertz CT molecular complexity index is 951. The molecule has 0 N–H and O–H groups in total. The van der Waals surface area contributed by atoms with Crippen LogP contribution in [0.25, 0.3) is 0 Å². The lowest BCUT2D eigenvalue weighted by atomic mass is 10.1. The van der Waals surface area contributed by atoms with Crippen LogP contribution in [0.3, 0.4) is 0 Å². The Morgan fingerprint density at radius 1 is 1.15 bits per heavy atom. The fourth-order valence-corrected chi connectivity index (χ4v) is 6.27. The first-order valence-corrected chi connectivity index (χ1v) is 11.1. The number of hydrogen-bond donors (Lipinski definition) is 0. The maximum Gasteiger partial charge on any atom is 0.256 e. The summed E-state index contributed by atoms with van der Waals surface area (Å²) < 4.78 is 41.6. The lowest BCUT2D eigenvalue weighted by Crippen LogP contribution is -2.50. The summed E-state index contributed by atoms with van der Waals surface area (Å²) in [5, 5.41) is 0. The molecule has 1 aliphatic rings. The molecule has 0 atom stereocenters. The highest BCUT2D eigenvalue weighted by Crippen LogP contribution is 2.28. The van der Waals surface area contributed by atoms with Gasteiger partial charge in [0.05, 0.1) is 10.5 Å². The van der Waals surface area contributed by atoms with E-state index in [1.807, 2.05) is 6.92 Å². The van der Waals surface area contributed by atoms with Crippen molar-refractivity contribution < 1.29 is 17.6 Å². The van der Waals surface area contributed by atoms with Crippen molar-refractivity contribution in [2.45, 2.75) is 18.7 Å². The molecule has 1 fully saturated rings. The third-order valence-electron chi connectivity index (χ3n) is 4.30. The van der Waals surface area contributed by atoms with Crippen molar-refractivity contribution in [3.8, 4) is 0 Å². The number of hydrogen-bond acceptors (Lipinski definition) is 4. The molecule has 0 unspecified atom stereocenters. The smallest absolute Gasteiger partial charge is 0.256 e. The summed E-state index contributed by atoms with van der Waals surface area (Å²) in [6.07, 6.45) is 0. The average Bonchev–Trinajstić information content (AvgIpc) is 2.95.